The molecule has 1 aromatic heterocycles. The first-order valence-corrected chi connectivity index (χ1v) is 14.6. The fraction of sp³-hybridized carbons (Fsp3) is 0.250. The SMILES string of the molecule is CCS(=O)(=O)c1cccc(C(Oc2ccc(/C=N/C)cc2)C(=O)Nc2nc3ccc(OCCOC)cc3s2)c1. The molecular formula is C28H29N3O6S2. The van der Waals surface area contributed by atoms with Gasteiger partial charge in [0, 0.05) is 25.9 Å². The number of benzene rings is 3. The Hall–Kier alpha value is -3.80. The van der Waals surface area contributed by atoms with E-state index >= 15 is 0 Å². The lowest BCUT2D eigenvalue weighted by molar-refractivity contribution is -0.123. The number of sulfone groups is 1. The van der Waals surface area contributed by atoms with Crippen LogP contribution in [-0.2, 0) is 19.4 Å². The molecule has 4 rings (SSSR count). The molecule has 1 N–H and O–H groups in total. The topological polar surface area (TPSA) is 116 Å². The van der Waals surface area contributed by atoms with Gasteiger partial charge in [0.05, 0.1) is 27.5 Å². The van der Waals surface area contributed by atoms with E-state index in [0.29, 0.717) is 40.9 Å². The highest BCUT2D eigenvalue weighted by molar-refractivity contribution is 7.91. The summed E-state index contributed by atoms with van der Waals surface area (Å²) in [7, 11) is -0.197. The van der Waals surface area contributed by atoms with Crippen molar-refractivity contribution in [3.8, 4) is 11.5 Å². The number of ether oxygens (including phenoxy) is 3. The molecule has 1 unspecified atom stereocenters. The lowest BCUT2D eigenvalue weighted by Crippen LogP contribution is -2.26. The Bertz CT molecular complexity index is 1570. The standard InChI is InChI=1S/C28H29N3O6S2/c1-4-39(33,34)23-7-5-6-20(16-23)26(37-21-10-8-19(9-11-21)18-29-2)27(32)31-28-30-24-13-12-22(17-25(24)38-28)36-15-14-35-3/h5-13,16-18,26H,4,14-15H2,1-3H3,(H,30,31,32)/b29-18+. The maximum atomic E-state index is 13.6. The van der Waals surface area contributed by atoms with Gasteiger partial charge in [-0.05, 0) is 60.2 Å². The molecule has 0 aliphatic carbocycles. The Morgan fingerprint density at radius 1 is 1.08 bits per heavy atom. The molecule has 0 aliphatic rings. The Balaban J connectivity index is 1.62. The zero-order chi connectivity index (χ0) is 27.8. The van der Waals surface area contributed by atoms with E-state index < -0.39 is 21.8 Å². The summed E-state index contributed by atoms with van der Waals surface area (Å²) in [4.78, 5) is 22.2. The number of aromatic nitrogens is 1. The van der Waals surface area contributed by atoms with Gasteiger partial charge in [-0.3, -0.25) is 15.1 Å². The quantitative estimate of drug-likeness (QED) is 0.191. The molecule has 1 heterocycles. The van der Waals surface area contributed by atoms with Gasteiger partial charge in [-0.25, -0.2) is 13.4 Å². The Kier molecular flexibility index (Phi) is 9.28. The number of amides is 1. The van der Waals surface area contributed by atoms with E-state index in [2.05, 4.69) is 15.3 Å². The van der Waals surface area contributed by atoms with Crippen molar-refractivity contribution in [3.05, 3.63) is 77.9 Å². The van der Waals surface area contributed by atoms with Gasteiger partial charge in [-0.2, -0.15) is 0 Å². The van der Waals surface area contributed by atoms with Gasteiger partial charge in [0.1, 0.15) is 18.1 Å². The van der Waals surface area contributed by atoms with Crippen LogP contribution in [0.4, 0.5) is 5.13 Å². The fourth-order valence-corrected chi connectivity index (χ4v) is 5.52. The van der Waals surface area contributed by atoms with Gasteiger partial charge < -0.3 is 14.2 Å². The third kappa shape index (κ3) is 7.20. The highest BCUT2D eigenvalue weighted by atomic mass is 32.2. The van der Waals surface area contributed by atoms with Crippen molar-refractivity contribution in [1.29, 1.82) is 0 Å². The van der Waals surface area contributed by atoms with Gasteiger partial charge in [-0.1, -0.05) is 30.4 Å². The number of thiazole rings is 1. The number of rotatable bonds is 12. The van der Waals surface area contributed by atoms with Crippen molar-refractivity contribution in [2.75, 3.05) is 38.4 Å². The molecule has 0 fully saturated rings. The number of carbonyl (C=O) groups excluding carboxylic acids is 1. The smallest absolute Gasteiger partial charge is 0.271 e. The molecule has 11 heteroatoms. The third-order valence-corrected chi connectivity index (χ3v) is 8.36. The van der Waals surface area contributed by atoms with Crippen molar-refractivity contribution < 1.29 is 27.4 Å². The average Bonchev–Trinajstić information content (AvgIpc) is 3.34. The predicted octanol–water partition coefficient (Wildman–Crippen LogP) is 4.92. The van der Waals surface area contributed by atoms with Crippen LogP contribution in [0.5, 0.6) is 11.5 Å². The lowest BCUT2D eigenvalue weighted by atomic mass is 10.1. The molecule has 0 aliphatic heterocycles. The Morgan fingerprint density at radius 3 is 2.56 bits per heavy atom. The molecule has 3 aromatic carbocycles. The molecule has 1 atom stereocenters. The molecule has 4 aromatic rings. The van der Waals surface area contributed by atoms with Crippen LogP contribution in [0.3, 0.4) is 0 Å². The van der Waals surface area contributed by atoms with Crippen molar-refractivity contribution in [2.45, 2.75) is 17.9 Å². The van der Waals surface area contributed by atoms with Gasteiger partial charge >= 0.3 is 0 Å². The molecule has 0 spiro atoms. The number of anilines is 1. The summed E-state index contributed by atoms with van der Waals surface area (Å²) >= 11 is 1.30. The van der Waals surface area contributed by atoms with Crippen LogP contribution in [0, 0.1) is 0 Å². The molecule has 9 nitrogen and oxygen atoms in total. The molecular weight excluding hydrogens is 538 g/mol. The summed E-state index contributed by atoms with van der Waals surface area (Å²) in [6, 6.07) is 18.8. The average molecular weight is 568 g/mol. The number of nitrogens with one attached hydrogen (secondary N) is 1. The number of aliphatic imine (C=N–C) groups is 1. The zero-order valence-electron chi connectivity index (χ0n) is 21.8. The molecule has 0 bridgehead atoms. The first kappa shape index (κ1) is 28.2. The van der Waals surface area contributed by atoms with Crippen LogP contribution in [0.2, 0.25) is 0 Å². The molecule has 204 valence electrons. The van der Waals surface area contributed by atoms with Gasteiger partial charge in [0.15, 0.2) is 15.0 Å². The summed E-state index contributed by atoms with van der Waals surface area (Å²) in [6.07, 6.45) is 0.566. The predicted molar refractivity (Wildman–Crippen MR) is 153 cm³/mol. The lowest BCUT2D eigenvalue weighted by Gasteiger charge is -2.19. The van der Waals surface area contributed by atoms with Crippen LogP contribution in [0.25, 0.3) is 10.2 Å². The van der Waals surface area contributed by atoms with Crippen LogP contribution in [-0.4, -0.2) is 58.6 Å². The van der Waals surface area contributed by atoms with E-state index in [1.165, 1.54) is 23.5 Å². The Labute approximate surface area is 231 Å². The molecule has 0 saturated carbocycles. The second-order valence-corrected chi connectivity index (χ2v) is 11.7. The van der Waals surface area contributed by atoms with Crippen molar-refractivity contribution in [3.63, 3.8) is 0 Å². The van der Waals surface area contributed by atoms with Crippen LogP contribution < -0.4 is 14.8 Å². The molecule has 1 amide bonds. The summed E-state index contributed by atoms with van der Waals surface area (Å²) in [6.45, 7) is 2.46. The normalized spacial score (nSPS) is 12.5. The fourth-order valence-electron chi connectivity index (χ4n) is 3.69. The summed E-state index contributed by atoms with van der Waals surface area (Å²) in [5, 5.41) is 3.22. The molecule has 0 saturated heterocycles. The second-order valence-electron chi connectivity index (χ2n) is 8.41. The largest absolute Gasteiger partial charge is 0.491 e. The highest BCUT2D eigenvalue weighted by Gasteiger charge is 2.26. The van der Waals surface area contributed by atoms with Crippen molar-refractivity contribution >= 4 is 48.6 Å². The van der Waals surface area contributed by atoms with Crippen LogP contribution >= 0.6 is 11.3 Å². The number of hydrogen-bond donors (Lipinski definition) is 1. The number of methoxy groups -OCH3 is 1. The third-order valence-electron chi connectivity index (χ3n) is 5.70. The second kappa shape index (κ2) is 12.8. The maximum Gasteiger partial charge on any atom is 0.271 e. The van der Waals surface area contributed by atoms with E-state index in [0.717, 1.165) is 10.3 Å². The highest BCUT2D eigenvalue weighted by Crippen LogP contribution is 2.31. The van der Waals surface area contributed by atoms with E-state index in [1.54, 1.807) is 51.6 Å². The minimum absolute atomic E-state index is 0.0580. The van der Waals surface area contributed by atoms with E-state index in [1.807, 2.05) is 30.3 Å². The van der Waals surface area contributed by atoms with E-state index in [9.17, 15) is 13.2 Å². The number of nitrogens with zero attached hydrogens (tertiary/aromatic N) is 2. The molecule has 39 heavy (non-hydrogen) atoms. The molecule has 0 radical (unpaired) electrons. The van der Waals surface area contributed by atoms with Crippen LogP contribution in [0.1, 0.15) is 24.2 Å². The Morgan fingerprint density at radius 2 is 1.85 bits per heavy atom. The zero-order valence-corrected chi connectivity index (χ0v) is 23.4. The number of hydrogen-bond acceptors (Lipinski definition) is 9. The van der Waals surface area contributed by atoms with Gasteiger partial charge in [-0.15, -0.1) is 0 Å². The van der Waals surface area contributed by atoms with E-state index in [-0.39, 0.29) is 10.6 Å². The maximum absolute atomic E-state index is 13.6. The number of fused-ring (bicyclic) bond motifs is 1. The van der Waals surface area contributed by atoms with Crippen molar-refractivity contribution in [2.24, 2.45) is 4.99 Å². The van der Waals surface area contributed by atoms with Crippen LogP contribution in [0.15, 0.2) is 76.6 Å². The minimum atomic E-state index is -3.49. The summed E-state index contributed by atoms with van der Waals surface area (Å²) in [5.74, 6) is 0.565. The first-order valence-electron chi connectivity index (χ1n) is 12.2. The van der Waals surface area contributed by atoms with E-state index in [4.69, 9.17) is 14.2 Å². The number of carbonyl (C=O) groups is 1. The van der Waals surface area contributed by atoms with Crippen molar-refractivity contribution in [1.82, 2.24) is 4.98 Å². The minimum Gasteiger partial charge on any atom is -0.491 e. The van der Waals surface area contributed by atoms with Gasteiger partial charge in [0.25, 0.3) is 5.91 Å². The monoisotopic (exact) mass is 567 g/mol. The summed E-state index contributed by atoms with van der Waals surface area (Å²) in [5.41, 5.74) is 1.98. The summed E-state index contributed by atoms with van der Waals surface area (Å²) < 4.78 is 42.7. The van der Waals surface area contributed by atoms with Gasteiger partial charge in [0.2, 0.25) is 6.10 Å². The first-order chi connectivity index (χ1) is 18.8.